The molecule has 1 unspecified atom stereocenters. The van der Waals surface area contributed by atoms with Crippen LogP contribution in [0, 0.1) is 16.7 Å². The maximum Gasteiger partial charge on any atom is 0.243 e. The highest BCUT2D eigenvalue weighted by atomic mass is 16.5. The number of ether oxygens (including phenoxy) is 1. The largest absolute Gasteiger partial charge is 0.380 e. The average Bonchev–Trinajstić information content (AvgIpc) is 2.75. The minimum atomic E-state index is -0.751. The van der Waals surface area contributed by atoms with Gasteiger partial charge in [-0.05, 0) is 19.3 Å². The van der Waals surface area contributed by atoms with E-state index in [9.17, 15) is 10.1 Å². The van der Waals surface area contributed by atoms with Gasteiger partial charge in [-0.15, -0.1) is 0 Å². The summed E-state index contributed by atoms with van der Waals surface area (Å²) in [5.74, 6) is 0.0476. The first-order valence-corrected chi connectivity index (χ1v) is 6.95. The number of methoxy groups -OCH3 is 1. The van der Waals surface area contributed by atoms with Crippen LogP contribution < -0.4 is 0 Å². The molecule has 0 aromatic carbocycles. The van der Waals surface area contributed by atoms with Gasteiger partial charge in [-0.2, -0.15) is 5.26 Å². The van der Waals surface area contributed by atoms with Crippen LogP contribution in [0.3, 0.4) is 0 Å². The smallest absolute Gasteiger partial charge is 0.243 e. The molecule has 2 rings (SSSR count). The number of nitriles is 1. The van der Waals surface area contributed by atoms with E-state index >= 15 is 0 Å². The number of carbonyl (C=O) groups is 1. The molecule has 100 valence electrons. The van der Waals surface area contributed by atoms with Gasteiger partial charge in [0.15, 0.2) is 0 Å². The first kappa shape index (κ1) is 13.4. The van der Waals surface area contributed by atoms with Crippen LogP contribution in [0.2, 0.25) is 0 Å². The van der Waals surface area contributed by atoms with Crippen molar-refractivity contribution in [1.29, 1.82) is 5.26 Å². The number of hydrogen-bond acceptors (Lipinski definition) is 3. The van der Waals surface area contributed by atoms with E-state index < -0.39 is 5.41 Å². The monoisotopic (exact) mass is 250 g/mol. The van der Waals surface area contributed by atoms with Crippen LogP contribution in [0.15, 0.2) is 0 Å². The van der Waals surface area contributed by atoms with Crippen LogP contribution in [0.25, 0.3) is 0 Å². The number of rotatable bonds is 2. The van der Waals surface area contributed by atoms with Crippen molar-refractivity contribution in [3.63, 3.8) is 0 Å². The van der Waals surface area contributed by atoms with E-state index in [1.54, 1.807) is 7.11 Å². The number of likely N-dealkylation sites (tertiary alicyclic amines) is 1. The third-order valence-electron chi connectivity index (χ3n) is 4.35. The molecule has 4 heteroatoms. The van der Waals surface area contributed by atoms with Gasteiger partial charge in [-0.1, -0.05) is 25.7 Å². The third-order valence-corrected chi connectivity index (χ3v) is 4.35. The minimum absolute atomic E-state index is 0.0476. The highest BCUT2D eigenvalue weighted by molar-refractivity contribution is 5.85. The van der Waals surface area contributed by atoms with Gasteiger partial charge in [0.1, 0.15) is 5.41 Å². The summed E-state index contributed by atoms with van der Waals surface area (Å²) >= 11 is 0. The molecule has 2 fully saturated rings. The summed E-state index contributed by atoms with van der Waals surface area (Å²) in [6, 6.07) is 2.33. The Balaban J connectivity index is 2.08. The van der Waals surface area contributed by atoms with Crippen LogP contribution in [-0.4, -0.2) is 37.1 Å². The lowest BCUT2D eigenvalue weighted by molar-refractivity contribution is -0.139. The molecular formula is C14H22N2O2. The molecule has 0 bridgehead atoms. The molecule has 1 atom stereocenters. The fourth-order valence-electron chi connectivity index (χ4n) is 3.11. The van der Waals surface area contributed by atoms with Crippen molar-refractivity contribution in [2.24, 2.45) is 5.41 Å². The van der Waals surface area contributed by atoms with E-state index in [4.69, 9.17) is 4.74 Å². The van der Waals surface area contributed by atoms with E-state index in [-0.39, 0.29) is 12.0 Å². The molecule has 18 heavy (non-hydrogen) atoms. The average molecular weight is 250 g/mol. The van der Waals surface area contributed by atoms with Crippen molar-refractivity contribution in [3.05, 3.63) is 0 Å². The number of carbonyl (C=O) groups excluding carboxylic acids is 1. The van der Waals surface area contributed by atoms with Crippen LogP contribution >= 0.6 is 0 Å². The van der Waals surface area contributed by atoms with Crippen molar-refractivity contribution < 1.29 is 9.53 Å². The zero-order valence-corrected chi connectivity index (χ0v) is 11.2. The van der Waals surface area contributed by atoms with E-state index in [1.165, 1.54) is 0 Å². The summed E-state index contributed by atoms with van der Waals surface area (Å²) in [5, 5.41) is 9.49. The summed E-state index contributed by atoms with van der Waals surface area (Å²) in [6.45, 7) is 1.39. The first-order valence-electron chi connectivity index (χ1n) is 6.95. The zero-order valence-electron chi connectivity index (χ0n) is 11.2. The quantitative estimate of drug-likeness (QED) is 0.705. The van der Waals surface area contributed by atoms with Crippen molar-refractivity contribution in [2.75, 3.05) is 20.2 Å². The Morgan fingerprint density at radius 1 is 1.33 bits per heavy atom. The lowest BCUT2D eigenvalue weighted by atomic mass is 9.80. The summed E-state index contributed by atoms with van der Waals surface area (Å²) < 4.78 is 5.29. The maximum absolute atomic E-state index is 12.6. The van der Waals surface area contributed by atoms with Crippen LogP contribution in [0.4, 0.5) is 0 Å². The number of nitrogens with zero attached hydrogens (tertiary/aromatic N) is 2. The molecule has 1 saturated heterocycles. The summed E-state index contributed by atoms with van der Waals surface area (Å²) in [5.41, 5.74) is -0.751. The fraction of sp³-hybridized carbons (Fsp3) is 0.857. The molecule has 1 amide bonds. The molecule has 2 aliphatic rings. The molecular weight excluding hydrogens is 228 g/mol. The number of hydrogen-bond donors (Lipinski definition) is 0. The second-order valence-corrected chi connectivity index (χ2v) is 5.51. The van der Waals surface area contributed by atoms with Gasteiger partial charge < -0.3 is 9.64 Å². The Kier molecular flexibility index (Phi) is 4.23. The molecule has 1 saturated carbocycles. The van der Waals surface area contributed by atoms with E-state index in [2.05, 4.69) is 6.07 Å². The zero-order chi connectivity index (χ0) is 13.0. The molecule has 0 N–H and O–H groups in total. The number of amides is 1. The van der Waals surface area contributed by atoms with Gasteiger partial charge in [-0.3, -0.25) is 4.79 Å². The van der Waals surface area contributed by atoms with Crippen LogP contribution in [0.5, 0.6) is 0 Å². The van der Waals surface area contributed by atoms with Crippen LogP contribution in [0.1, 0.15) is 44.9 Å². The van der Waals surface area contributed by atoms with Crippen molar-refractivity contribution >= 4 is 5.91 Å². The molecule has 1 heterocycles. The highest BCUT2D eigenvalue weighted by Gasteiger charge is 2.43. The van der Waals surface area contributed by atoms with Gasteiger partial charge in [0.25, 0.3) is 0 Å². The molecule has 0 spiro atoms. The van der Waals surface area contributed by atoms with E-state index in [0.29, 0.717) is 6.54 Å². The molecule has 1 aliphatic carbocycles. The van der Waals surface area contributed by atoms with Gasteiger partial charge in [0, 0.05) is 20.2 Å². The van der Waals surface area contributed by atoms with Gasteiger partial charge in [-0.25, -0.2) is 0 Å². The second-order valence-electron chi connectivity index (χ2n) is 5.51. The summed E-state index contributed by atoms with van der Waals surface area (Å²) in [6.07, 6.45) is 6.81. The SMILES string of the molecule is COC1CCN(C(=O)C2(C#N)CCCCCC2)C1. The van der Waals surface area contributed by atoms with E-state index in [1.807, 2.05) is 4.90 Å². The molecule has 0 aromatic heterocycles. The standard InChI is InChI=1S/C14H22N2O2/c1-18-12-6-9-16(10-12)13(17)14(11-15)7-4-2-3-5-8-14/h12H,2-10H2,1H3. The Labute approximate surface area is 109 Å². The minimum Gasteiger partial charge on any atom is -0.380 e. The fourth-order valence-corrected chi connectivity index (χ4v) is 3.11. The Bertz CT molecular complexity index is 340. The predicted octanol–water partition coefficient (Wildman–Crippen LogP) is 2.10. The van der Waals surface area contributed by atoms with Crippen molar-refractivity contribution in [1.82, 2.24) is 4.90 Å². The second kappa shape index (κ2) is 5.71. The molecule has 0 radical (unpaired) electrons. The Morgan fingerprint density at radius 3 is 2.50 bits per heavy atom. The lowest BCUT2D eigenvalue weighted by Crippen LogP contribution is -2.42. The molecule has 0 aromatic rings. The molecule has 4 nitrogen and oxygen atoms in total. The van der Waals surface area contributed by atoms with Crippen molar-refractivity contribution in [3.8, 4) is 6.07 Å². The van der Waals surface area contributed by atoms with Crippen molar-refractivity contribution in [2.45, 2.75) is 51.0 Å². The summed E-state index contributed by atoms with van der Waals surface area (Å²) in [7, 11) is 1.68. The van der Waals surface area contributed by atoms with Gasteiger partial charge >= 0.3 is 0 Å². The topological polar surface area (TPSA) is 53.3 Å². The Morgan fingerprint density at radius 2 is 2.00 bits per heavy atom. The highest BCUT2D eigenvalue weighted by Crippen LogP contribution is 2.37. The van der Waals surface area contributed by atoms with E-state index in [0.717, 1.165) is 51.5 Å². The summed E-state index contributed by atoms with van der Waals surface area (Å²) in [4.78, 5) is 14.5. The van der Waals surface area contributed by atoms with Crippen LogP contribution in [-0.2, 0) is 9.53 Å². The third kappa shape index (κ3) is 2.51. The first-order chi connectivity index (χ1) is 8.72. The maximum atomic E-state index is 12.6. The van der Waals surface area contributed by atoms with Gasteiger partial charge in [0.2, 0.25) is 5.91 Å². The lowest BCUT2D eigenvalue weighted by Gasteiger charge is -2.29. The molecule has 1 aliphatic heterocycles. The predicted molar refractivity (Wildman–Crippen MR) is 67.7 cm³/mol. The van der Waals surface area contributed by atoms with Gasteiger partial charge in [0.05, 0.1) is 12.2 Å². The Hall–Kier alpha value is -1.08. The normalized spacial score (nSPS) is 27.6.